The fraction of sp³-hybridized carbons (Fsp3) is 0.462. The Morgan fingerprint density at radius 1 is 1.28 bits per heavy atom. The molecule has 98 valence electrons. The first kappa shape index (κ1) is 14.2. The summed E-state index contributed by atoms with van der Waals surface area (Å²) in [5, 5.41) is 15.1. The number of hydrogen-bond donors (Lipinski definition) is 1. The van der Waals surface area contributed by atoms with Gasteiger partial charge in [-0.05, 0) is 18.9 Å². The zero-order valence-electron chi connectivity index (χ0n) is 10.8. The van der Waals surface area contributed by atoms with E-state index < -0.39 is 4.92 Å². The first-order chi connectivity index (χ1) is 8.69. The molecule has 18 heavy (non-hydrogen) atoms. The Kier molecular flexibility index (Phi) is 5.84. The zero-order valence-corrected chi connectivity index (χ0v) is 10.8. The number of rotatable bonds is 7. The van der Waals surface area contributed by atoms with Crippen LogP contribution >= 0.6 is 0 Å². The van der Waals surface area contributed by atoms with Gasteiger partial charge in [0.05, 0.1) is 4.92 Å². The van der Waals surface area contributed by atoms with Crippen LogP contribution in [0.5, 0.6) is 0 Å². The second-order valence-electron chi connectivity index (χ2n) is 4.06. The van der Waals surface area contributed by atoms with E-state index in [1.54, 1.807) is 18.2 Å². The highest BCUT2D eigenvalue weighted by atomic mass is 16.6. The summed E-state index contributed by atoms with van der Waals surface area (Å²) in [6.45, 7) is 4.19. The van der Waals surface area contributed by atoms with Gasteiger partial charge in [-0.15, -0.1) is 0 Å². The second-order valence-corrected chi connectivity index (χ2v) is 4.06. The zero-order chi connectivity index (χ0) is 13.4. The van der Waals surface area contributed by atoms with Crippen LogP contribution in [0.2, 0.25) is 0 Å². The molecule has 0 amide bonds. The predicted octanol–water partition coefficient (Wildman–Crippen LogP) is 3.96. The van der Waals surface area contributed by atoms with E-state index in [2.05, 4.69) is 24.4 Å². The summed E-state index contributed by atoms with van der Waals surface area (Å²) in [5.41, 5.74) is 4.35. The van der Waals surface area contributed by atoms with Crippen molar-refractivity contribution in [2.45, 2.75) is 39.5 Å². The topological polar surface area (TPSA) is 67.5 Å². The number of nitrogens with zero attached hydrogens (tertiary/aromatic N) is 2. The van der Waals surface area contributed by atoms with Gasteiger partial charge < -0.3 is 0 Å². The van der Waals surface area contributed by atoms with Gasteiger partial charge in [-0.3, -0.25) is 15.5 Å². The summed E-state index contributed by atoms with van der Waals surface area (Å²) in [5.74, 6) is 0. The lowest BCUT2D eigenvalue weighted by Gasteiger charge is -2.06. The van der Waals surface area contributed by atoms with Gasteiger partial charge in [0.1, 0.15) is 5.69 Å². The van der Waals surface area contributed by atoms with Crippen LogP contribution in [0.4, 0.5) is 11.4 Å². The summed E-state index contributed by atoms with van der Waals surface area (Å²) in [4.78, 5) is 10.4. The van der Waals surface area contributed by atoms with E-state index in [9.17, 15) is 10.1 Å². The number of anilines is 1. The minimum absolute atomic E-state index is 0.0496. The summed E-state index contributed by atoms with van der Waals surface area (Å²) in [6.07, 6.45) is 3.89. The summed E-state index contributed by atoms with van der Waals surface area (Å²) < 4.78 is 0. The fourth-order valence-corrected chi connectivity index (χ4v) is 1.68. The quantitative estimate of drug-likeness (QED) is 0.451. The molecule has 0 bridgehead atoms. The molecule has 0 heterocycles. The van der Waals surface area contributed by atoms with Crippen molar-refractivity contribution in [1.82, 2.24) is 0 Å². The van der Waals surface area contributed by atoms with Crippen LogP contribution in [0.25, 0.3) is 0 Å². The molecule has 1 N–H and O–H groups in total. The van der Waals surface area contributed by atoms with Gasteiger partial charge in [-0.25, -0.2) is 0 Å². The molecule has 0 radical (unpaired) electrons. The van der Waals surface area contributed by atoms with Crippen LogP contribution in [0.3, 0.4) is 0 Å². The van der Waals surface area contributed by atoms with Gasteiger partial charge in [-0.2, -0.15) is 5.10 Å². The van der Waals surface area contributed by atoms with Crippen molar-refractivity contribution in [3.63, 3.8) is 0 Å². The van der Waals surface area contributed by atoms with Crippen LogP contribution in [-0.2, 0) is 0 Å². The predicted molar refractivity (Wildman–Crippen MR) is 74.0 cm³/mol. The summed E-state index contributed by atoms with van der Waals surface area (Å²) >= 11 is 0. The molecule has 0 saturated carbocycles. The molecule has 1 aromatic rings. The molecule has 0 saturated heterocycles. The van der Waals surface area contributed by atoms with Gasteiger partial charge in [0.2, 0.25) is 0 Å². The number of para-hydroxylation sites is 2. The average molecular weight is 249 g/mol. The molecule has 0 aromatic heterocycles. The Hall–Kier alpha value is -1.91. The molecule has 0 spiro atoms. The molecule has 1 rings (SSSR count). The minimum atomic E-state index is -0.406. The van der Waals surface area contributed by atoms with E-state index in [0.29, 0.717) is 5.69 Å². The van der Waals surface area contributed by atoms with Crippen LogP contribution in [0, 0.1) is 10.1 Å². The molecule has 0 atom stereocenters. The molecule has 0 unspecified atom stereocenters. The van der Waals surface area contributed by atoms with Gasteiger partial charge in [0.15, 0.2) is 0 Å². The molecule has 0 aliphatic heterocycles. The molecule has 0 fully saturated rings. The number of nitro groups is 1. The number of nitrogens with one attached hydrogen (secondary N) is 1. The average Bonchev–Trinajstić information content (AvgIpc) is 2.36. The highest BCUT2D eigenvalue weighted by molar-refractivity contribution is 5.85. The lowest BCUT2D eigenvalue weighted by molar-refractivity contribution is -0.384. The van der Waals surface area contributed by atoms with E-state index in [4.69, 9.17) is 0 Å². The summed E-state index contributed by atoms with van der Waals surface area (Å²) in [7, 11) is 0. The number of benzene rings is 1. The Balaban J connectivity index is 2.83. The monoisotopic (exact) mass is 249 g/mol. The standard InChI is InChI=1S/C13H19N3O2/c1-3-7-11(8-4-2)14-15-12-9-5-6-10-13(12)16(17)18/h5-6,9-10,15H,3-4,7-8H2,1-2H3. The Bertz CT molecular complexity index is 422. The summed E-state index contributed by atoms with van der Waals surface area (Å²) in [6, 6.07) is 6.53. The van der Waals surface area contributed by atoms with Crippen LogP contribution < -0.4 is 5.43 Å². The lowest BCUT2D eigenvalue weighted by Crippen LogP contribution is -2.03. The SMILES string of the molecule is CCCC(CCC)=NNc1ccccc1[N+](=O)[O-]. The highest BCUT2D eigenvalue weighted by Crippen LogP contribution is 2.23. The van der Waals surface area contributed by atoms with Crippen molar-refractivity contribution in [2.75, 3.05) is 5.43 Å². The van der Waals surface area contributed by atoms with Gasteiger partial charge in [-0.1, -0.05) is 38.8 Å². The largest absolute Gasteiger partial charge is 0.294 e. The third kappa shape index (κ3) is 4.16. The van der Waals surface area contributed by atoms with E-state index in [0.717, 1.165) is 31.4 Å². The van der Waals surface area contributed by atoms with Crippen LogP contribution in [-0.4, -0.2) is 10.6 Å². The van der Waals surface area contributed by atoms with Crippen LogP contribution in [0.1, 0.15) is 39.5 Å². The van der Waals surface area contributed by atoms with E-state index in [1.807, 2.05) is 0 Å². The third-order valence-corrected chi connectivity index (χ3v) is 2.51. The Morgan fingerprint density at radius 3 is 2.44 bits per heavy atom. The number of hydrazone groups is 1. The normalized spacial score (nSPS) is 9.89. The number of nitro benzene ring substituents is 1. The molecule has 5 nitrogen and oxygen atoms in total. The van der Waals surface area contributed by atoms with E-state index in [1.165, 1.54) is 6.07 Å². The maximum absolute atomic E-state index is 10.8. The fourth-order valence-electron chi connectivity index (χ4n) is 1.68. The lowest BCUT2D eigenvalue weighted by atomic mass is 10.1. The number of hydrogen-bond acceptors (Lipinski definition) is 4. The van der Waals surface area contributed by atoms with Gasteiger partial charge in [0.25, 0.3) is 5.69 Å². The molecular formula is C13H19N3O2. The van der Waals surface area contributed by atoms with Crippen molar-refractivity contribution in [1.29, 1.82) is 0 Å². The maximum atomic E-state index is 10.8. The highest BCUT2D eigenvalue weighted by Gasteiger charge is 2.11. The Labute approximate surface area is 107 Å². The first-order valence-corrected chi connectivity index (χ1v) is 6.23. The van der Waals surface area contributed by atoms with Gasteiger partial charge >= 0.3 is 0 Å². The van der Waals surface area contributed by atoms with Crippen molar-refractivity contribution >= 4 is 17.1 Å². The molecule has 0 aliphatic rings. The Morgan fingerprint density at radius 2 is 1.89 bits per heavy atom. The molecular weight excluding hydrogens is 230 g/mol. The molecule has 5 heteroatoms. The van der Waals surface area contributed by atoms with Crippen molar-refractivity contribution in [3.05, 3.63) is 34.4 Å². The van der Waals surface area contributed by atoms with Crippen molar-refractivity contribution < 1.29 is 4.92 Å². The second kappa shape index (κ2) is 7.42. The molecule has 0 aliphatic carbocycles. The minimum Gasteiger partial charge on any atom is -0.272 e. The van der Waals surface area contributed by atoms with Crippen molar-refractivity contribution in [3.8, 4) is 0 Å². The van der Waals surface area contributed by atoms with E-state index in [-0.39, 0.29) is 5.69 Å². The molecule has 1 aromatic carbocycles. The maximum Gasteiger partial charge on any atom is 0.294 e. The van der Waals surface area contributed by atoms with Crippen molar-refractivity contribution in [2.24, 2.45) is 5.10 Å². The van der Waals surface area contributed by atoms with Gasteiger partial charge in [0, 0.05) is 11.8 Å². The third-order valence-electron chi connectivity index (χ3n) is 2.51. The smallest absolute Gasteiger partial charge is 0.272 e. The van der Waals surface area contributed by atoms with Crippen LogP contribution in [0.15, 0.2) is 29.4 Å². The first-order valence-electron chi connectivity index (χ1n) is 6.23. The van der Waals surface area contributed by atoms with E-state index >= 15 is 0 Å².